The van der Waals surface area contributed by atoms with Crippen LogP contribution in [-0.4, -0.2) is 66.2 Å². The van der Waals surface area contributed by atoms with Crippen LogP contribution >= 0.6 is 11.8 Å². The number of carbonyl (C=O) groups excluding carboxylic acids is 1. The van der Waals surface area contributed by atoms with Gasteiger partial charge in [0.25, 0.3) is 0 Å². The number of carbonyl (C=O) groups is 2. The van der Waals surface area contributed by atoms with Gasteiger partial charge in [0.05, 0.1) is 25.3 Å². The molecule has 0 aromatic rings. The van der Waals surface area contributed by atoms with Crippen LogP contribution in [0, 0.1) is 5.92 Å². The lowest BCUT2D eigenvalue weighted by atomic mass is 10.0. The molecule has 1 rings (SSSR count). The lowest BCUT2D eigenvalue weighted by molar-refractivity contribution is -0.144. The van der Waals surface area contributed by atoms with Crippen LogP contribution in [0.2, 0.25) is 0 Å². The predicted molar refractivity (Wildman–Crippen MR) is 69.5 cm³/mol. The monoisotopic (exact) mass is 276 g/mol. The van der Waals surface area contributed by atoms with Crippen molar-refractivity contribution in [2.45, 2.75) is 18.5 Å². The number of hydrogen-bond donors (Lipinski definition) is 2. The molecule has 1 saturated heterocycles. The van der Waals surface area contributed by atoms with Crippen molar-refractivity contribution in [1.29, 1.82) is 0 Å². The molecule has 0 bridgehead atoms. The van der Waals surface area contributed by atoms with Crippen LogP contribution in [0.4, 0.5) is 0 Å². The molecule has 3 atom stereocenters. The van der Waals surface area contributed by atoms with Gasteiger partial charge in [-0.25, -0.2) is 0 Å². The van der Waals surface area contributed by atoms with Gasteiger partial charge >= 0.3 is 5.97 Å². The zero-order valence-corrected chi connectivity index (χ0v) is 11.5. The number of hydrogen-bond acceptors (Lipinski definition) is 5. The second-order valence-corrected chi connectivity index (χ2v) is 5.37. The lowest BCUT2D eigenvalue weighted by Crippen LogP contribution is -2.50. The van der Waals surface area contributed by atoms with Gasteiger partial charge in [0, 0.05) is 7.05 Å². The van der Waals surface area contributed by atoms with Crippen molar-refractivity contribution in [2.24, 2.45) is 11.7 Å². The van der Waals surface area contributed by atoms with Gasteiger partial charge in [0.2, 0.25) is 5.91 Å². The van der Waals surface area contributed by atoms with E-state index < -0.39 is 24.0 Å². The molecule has 6 nitrogen and oxygen atoms in total. The van der Waals surface area contributed by atoms with Gasteiger partial charge in [-0.3, -0.25) is 9.59 Å². The van der Waals surface area contributed by atoms with Crippen LogP contribution in [0.15, 0.2) is 0 Å². The Morgan fingerprint density at radius 2 is 2.22 bits per heavy atom. The SMILES string of the molecule is CSCC[C@@H](N)C(=O)N(C)C1COCC1C(=O)O. The van der Waals surface area contributed by atoms with E-state index in [1.165, 1.54) is 4.90 Å². The van der Waals surface area contributed by atoms with Crippen molar-refractivity contribution in [2.75, 3.05) is 32.3 Å². The summed E-state index contributed by atoms with van der Waals surface area (Å²) in [6, 6.07) is -0.993. The molecule has 18 heavy (non-hydrogen) atoms. The van der Waals surface area contributed by atoms with Crippen LogP contribution < -0.4 is 5.73 Å². The first-order chi connectivity index (χ1) is 8.49. The third-order valence-electron chi connectivity index (χ3n) is 3.16. The van der Waals surface area contributed by atoms with E-state index in [0.29, 0.717) is 6.42 Å². The summed E-state index contributed by atoms with van der Waals surface area (Å²) in [5.74, 6) is -1.00. The molecule has 0 aromatic carbocycles. The largest absolute Gasteiger partial charge is 0.481 e. The molecule has 7 heteroatoms. The molecule has 0 spiro atoms. The maximum atomic E-state index is 12.0. The van der Waals surface area contributed by atoms with Crippen molar-refractivity contribution in [3.63, 3.8) is 0 Å². The van der Waals surface area contributed by atoms with E-state index >= 15 is 0 Å². The van der Waals surface area contributed by atoms with Gasteiger partial charge in [-0.05, 0) is 18.4 Å². The van der Waals surface area contributed by atoms with Gasteiger partial charge in [0.15, 0.2) is 0 Å². The molecule has 1 amide bonds. The fourth-order valence-corrected chi connectivity index (χ4v) is 2.44. The minimum atomic E-state index is -0.935. The summed E-state index contributed by atoms with van der Waals surface area (Å²) in [5.41, 5.74) is 5.80. The molecule has 1 aliphatic heterocycles. The Kier molecular flexibility index (Phi) is 5.90. The zero-order chi connectivity index (χ0) is 13.7. The van der Waals surface area contributed by atoms with Crippen molar-refractivity contribution >= 4 is 23.6 Å². The molecule has 0 aromatic heterocycles. The van der Waals surface area contributed by atoms with Crippen LogP contribution in [0.3, 0.4) is 0 Å². The summed E-state index contributed by atoms with van der Waals surface area (Å²) >= 11 is 1.63. The molecular formula is C11H20N2O4S. The molecule has 104 valence electrons. The Morgan fingerprint density at radius 1 is 1.56 bits per heavy atom. The van der Waals surface area contributed by atoms with E-state index in [1.54, 1.807) is 18.8 Å². The van der Waals surface area contributed by atoms with Crippen LogP contribution in [-0.2, 0) is 14.3 Å². The van der Waals surface area contributed by atoms with Gasteiger partial charge in [-0.1, -0.05) is 0 Å². The Morgan fingerprint density at radius 3 is 2.78 bits per heavy atom. The highest BCUT2D eigenvalue weighted by Crippen LogP contribution is 2.19. The molecule has 0 saturated carbocycles. The summed E-state index contributed by atoms with van der Waals surface area (Å²) in [6.45, 7) is 0.409. The Bertz CT molecular complexity index is 313. The second-order valence-electron chi connectivity index (χ2n) is 4.39. The highest BCUT2D eigenvalue weighted by atomic mass is 32.2. The number of ether oxygens (including phenoxy) is 1. The van der Waals surface area contributed by atoms with Crippen LogP contribution in [0.25, 0.3) is 0 Å². The first-order valence-electron chi connectivity index (χ1n) is 5.80. The smallest absolute Gasteiger partial charge is 0.311 e. The fraction of sp³-hybridized carbons (Fsp3) is 0.818. The molecule has 0 radical (unpaired) electrons. The van der Waals surface area contributed by atoms with Crippen molar-refractivity contribution < 1.29 is 19.4 Å². The Hall–Kier alpha value is -0.790. The molecular weight excluding hydrogens is 256 g/mol. The highest BCUT2D eigenvalue weighted by molar-refractivity contribution is 7.98. The predicted octanol–water partition coefficient (Wildman–Crippen LogP) is -0.375. The van der Waals surface area contributed by atoms with E-state index in [1.807, 2.05) is 6.26 Å². The second kappa shape index (κ2) is 6.96. The minimum Gasteiger partial charge on any atom is -0.481 e. The first kappa shape index (κ1) is 15.3. The van der Waals surface area contributed by atoms with Crippen LogP contribution in [0.1, 0.15) is 6.42 Å². The van der Waals surface area contributed by atoms with E-state index in [0.717, 1.165) is 5.75 Å². The highest BCUT2D eigenvalue weighted by Gasteiger charge is 2.39. The number of amides is 1. The lowest BCUT2D eigenvalue weighted by Gasteiger charge is -2.28. The fourth-order valence-electron chi connectivity index (χ4n) is 1.95. The number of nitrogens with zero attached hydrogens (tertiary/aromatic N) is 1. The number of aliphatic carboxylic acids is 1. The molecule has 3 N–H and O–H groups in total. The van der Waals surface area contributed by atoms with Gasteiger partial charge in [-0.15, -0.1) is 0 Å². The molecule has 2 unspecified atom stereocenters. The maximum absolute atomic E-state index is 12.0. The minimum absolute atomic E-state index is 0.150. The molecule has 0 aliphatic carbocycles. The number of rotatable bonds is 6. The summed E-state index contributed by atoms with van der Waals surface area (Å²) in [7, 11) is 1.59. The van der Waals surface area contributed by atoms with E-state index in [4.69, 9.17) is 15.6 Å². The third kappa shape index (κ3) is 3.60. The topological polar surface area (TPSA) is 92.9 Å². The van der Waals surface area contributed by atoms with E-state index in [2.05, 4.69) is 0 Å². The Balaban J connectivity index is 2.59. The number of carboxylic acid groups (broad SMARTS) is 1. The number of carboxylic acids is 1. The summed E-state index contributed by atoms with van der Waals surface area (Å²) in [6.07, 6.45) is 2.54. The average molecular weight is 276 g/mol. The average Bonchev–Trinajstić information content (AvgIpc) is 2.83. The summed E-state index contributed by atoms with van der Waals surface area (Å²) in [4.78, 5) is 24.5. The Labute approximate surface area is 111 Å². The van der Waals surface area contributed by atoms with Crippen LogP contribution in [0.5, 0.6) is 0 Å². The maximum Gasteiger partial charge on any atom is 0.311 e. The number of likely N-dealkylation sites (N-methyl/N-ethyl adjacent to an activating group) is 1. The third-order valence-corrected chi connectivity index (χ3v) is 3.81. The molecule has 1 aliphatic rings. The normalized spacial score (nSPS) is 24.8. The van der Waals surface area contributed by atoms with E-state index in [-0.39, 0.29) is 19.1 Å². The van der Waals surface area contributed by atoms with Crippen molar-refractivity contribution in [3.05, 3.63) is 0 Å². The zero-order valence-electron chi connectivity index (χ0n) is 10.7. The molecule has 1 fully saturated rings. The van der Waals surface area contributed by atoms with Gasteiger partial charge in [-0.2, -0.15) is 11.8 Å². The van der Waals surface area contributed by atoms with Gasteiger partial charge in [0.1, 0.15) is 5.92 Å². The summed E-state index contributed by atoms with van der Waals surface area (Å²) < 4.78 is 5.14. The quantitative estimate of drug-likeness (QED) is 0.687. The van der Waals surface area contributed by atoms with Crippen molar-refractivity contribution in [3.8, 4) is 0 Å². The molecule has 1 heterocycles. The number of thioether (sulfide) groups is 1. The first-order valence-corrected chi connectivity index (χ1v) is 7.20. The number of nitrogens with two attached hydrogens (primary N) is 1. The standard InChI is InChI=1S/C11H20N2O4S/c1-13(10(14)8(12)3-4-18-2)9-6-17-5-7(9)11(15)16/h7-9H,3-6,12H2,1-2H3,(H,15,16)/t7?,8-,9?/m1/s1. The van der Waals surface area contributed by atoms with Crippen molar-refractivity contribution in [1.82, 2.24) is 4.90 Å². The van der Waals surface area contributed by atoms with E-state index in [9.17, 15) is 9.59 Å². The summed E-state index contributed by atoms with van der Waals surface area (Å²) in [5, 5.41) is 9.04. The van der Waals surface area contributed by atoms with Gasteiger partial charge < -0.3 is 20.5 Å².